The minimum absolute atomic E-state index is 0.274. The van der Waals surface area contributed by atoms with Gasteiger partial charge in [0, 0.05) is 0 Å². The van der Waals surface area contributed by atoms with E-state index in [2.05, 4.69) is 214 Å². The van der Waals surface area contributed by atoms with Crippen molar-refractivity contribution in [1.29, 1.82) is 0 Å². The molecule has 0 saturated carbocycles. The predicted molar refractivity (Wildman–Crippen MR) is 208 cm³/mol. The van der Waals surface area contributed by atoms with Gasteiger partial charge in [0.15, 0.2) is 0 Å². The molecule has 0 aliphatic heterocycles. The molecule has 0 bridgehead atoms. The third kappa shape index (κ3) is 5.91. The number of halogens is 2. The van der Waals surface area contributed by atoms with Crippen molar-refractivity contribution in [1.82, 2.24) is 0 Å². The zero-order valence-corrected chi connectivity index (χ0v) is 29.8. The van der Waals surface area contributed by atoms with Crippen LogP contribution in [0.3, 0.4) is 0 Å². The fraction of sp³-hybridized carbons (Fsp3) is 0.100. The second-order valence-corrected chi connectivity index (χ2v) is 23.3. The van der Waals surface area contributed by atoms with E-state index in [1.807, 2.05) is 0 Å². The molecule has 0 heterocycles. The number of alkyl halides is 2. The molecule has 0 saturated heterocycles. The molecule has 0 spiro atoms. The summed E-state index contributed by atoms with van der Waals surface area (Å²) in [4.78, 5) is 0. The Hall–Kier alpha value is -2.86. The van der Waals surface area contributed by atoms with E-state index in [4.69, 9.17) is 0 Å². The first-order chi connectivity index (χ1) is 21.7. The van der Waals surface area contributed by atoms with Crippen LogP contribution in [0.25, 0.3) is 0 Å². The molecule has 0 aromatic heterocycles. The van der Waals surface area contributed by atoms with Crippen LogP contribution >= 0.6 is 46.4 Å². The van der Waals surface area contributed by atoms with Crippen LogP contribution in [0.15, 0.2) is 182 Å². The second kappa shape index (κ2) is 14.5. The van der Waals surface area contributed by atoms with Gasteiger partial charge in [0.05, 0.1) is 0 Å². The van der Waals surface area contributed by atoms with Crippen molar-refractivity contribution in [3.63, 3.8) is 0 Å². The number of benzene rings is 6. The summed E-state index contributed by atoms with van der Waals surface area (Å²) in [7, 11) is -4.96. The third-order valence-corrected chi connectivity index (χ3v) is 23.9. The van der Waals surface area contributed by atoms with E-state index in [-0.39, 0.29) is 9.14 Å². The van der Waals surface area contributed by atoms with Gasteiger partial charge >= 0.3 is 282 Å². The fourth-order valence-electron chi connectivity index (χ4n) is 7.02. The van der Waals surface area contributed by atoms with Crippen molar-refractivity contribution in [3.8, 4) is 0 Å². The molecule has 0 radical (unpaired) electrons. The Balaban J connectivity index is 1.48. The summed E-state index contributed by atoms with van der Waals surface area (Å²) in [5, 5.41) is 8.60. The van der Waals surface area contributed by atoms with Crippen LogP contribution in [0.1, 0.15) is 12.8 Å². The van der Waals surface area contributed by atoms with Crippen LogP contribution < -0.4 is 31.8 Å². The number of rotatable bonds is 11. The van der Waals surface area contributed by atoms with Crippen LogP contribution in [0.5, 0.6) is 0 Å². The molecule has 0 aliphatic rings. The first kappa shape index (κ1) is 31.1. The van der Waals surface area contributed by atoms with Crippen molar-refractivity contribution < 1.29 is 0 Å². The van der Waals surface area contributed by atoms with Gasteiger partial charge in [-0.05, 0) is 0 Å². The average Bonchev–Trinajstić information content (AvgIpc) is 3.11. The SMILES string of the molecule is BrC(CCC(Br)[PH](c1ccccc1)(c1ccccc1)c1ccccc1)[PH](c1ccccc1)(c1ccccc1)c1ccccc1. The monoisotopic (exact) mass is 738 g/mol. The molecule has 0 aliphatic carbocycles. The molecule has 6 aromatic rings. The van der Waals surface area contributed by atoms with Gasteiger partial charge in [0.25, 0.3) is 0 Å². The van der Waals surface area contributed by atoms with Gasteiger partial charge in [0.1, 0.15) is 0 Å². The van der Waals surface area contributed by atoms with Gasteiger partial charge in [-0.3, -0.25) is 0 Å². The van der Waals surface area contributed by atoms with Gasteiger partial charge in [-0.25, -0.2) is 0 Å². The third-order valence-electron chi connectivity index (χ3n) is 8.99. The standard InChI is InChI=1S/C40H38Br2P2/c41-39(43(33-19-7-1-8-20-33,34-21-9-2-10-22-34)35-23-11-3-12-24-35)31-32-40(42)44(36-25-13-4-14-26-36,37-27-15-5-16-28-37)38-29-17-6-18-30-38/h1-30,39-40,43-44H,31-32H2. The molecule has 0 fully saturated rings. The Morgan fingerprint density at radius 3 is 0.614 bits per heavy atom. The molecule has 222 valence electrons. The van der Waals surface area contributed by atoms with Crippen LogP contribution in [-0.4, -0.2) is 9.14 Å². The van der Waals surface area contributed by atoms with Gasteiger partial charge in [-0.1, -0.05) is 0 Å². The molecule has 6 aromatic carbocycles. The van der Waals surface area contributed by atoms with E-state index < -0.39 is 14.5 Å². The van der Waals surface area contributed by atoms with Crippen LogP contribution in [0.2, 0.25) is 0 Å². The van der Waals surface area contributed by atoms with Gasteiger partial charge in [-0.2, -0.15) is 0 Å². The van der Waals surface area contributed by atoms with E-state index in [1.54, 1.807) is 0 Å². The zero-order chi connectivity index (χ0) is 30.2. The Morgan fingerprint density at radius 2 is 0.455 bits per heavy atom. The Morgan fingerprint density at radius 1 is 0.295 bits per heavy atom. The number of hydrogen-bond donors (Lipinski definition) is 0. The van der Waals surface area contributed by atoms with Crippen LogP contribution in [-0.2, 0) is 0 Å². The molecule has 2 unspecified atom stereocenters. The maximum atomic E-state index is 4.43. The summed E-state index contributed by atoms with van der Waals surface area (Å²) < 4.78 is 0.549. The molecular weight excluding hydrogens is 702 g/mol. The fourth-order valence-corrected chi connectivity index (χ4v) is 22.0. The Labute approximate surface area is 280 Å². The molecule has 2 atom stereocenters. The Bertz CT molecular complexity index is 1390. The topological polar surface area (TPSA) is 0 Å². The molecule has 4 heteroatoms. The van der Waals surface area contributed by atoms with E-state index in [9.17, 15) is 0 Å². The zero-order valence-electron chi connectivity index (χ0n) is 24.6. The normalized spacial score (nSPS) is 14.0. The summed E-state index contributed by atoms with van der Waals surface area (Å²) in [6.07, 6.45) is 2.06. The maximum absolute atomic E-state index is 4.43. The van der Waals surface area contributed by atoms with Gasteiger partial charge < -0.3 is 0 Å². The summed E-state index contributed by atoms with van der Waals surface area (Å²) >= 11 is 8.86. The predicted octanol–water partition coefficient (Wildman–Crippen LogP) is 8.66. The molecule has 0 nitrogen and oxygen atoms in total. The van der Waals surface area contributed by atoms with Gasteiger partial charge in [0.2, 0.25) is 0 Å². The molecule has 0 amide bonds. The van der Waals surface area contributed by atoms with Crippen molar-refractivity contribution in [2.24, 2.45) is 0 Å². The van der Waals surface area contributed by atoms with Crippen LogP contribution in [0.4, 0.5) is 0 Å². The van der Waals surface area contributed by atoms with E-state index >= 15 is 0 Å². The minimum atomic E-state index is -2.48. The first-order valence-electron chi connectivity index (χ1n) is 15.3. The molecular formula is C40H38Br2P2. The van der Waals surface area contributed by atoms with Crippen molar-refractivity contribution in [3.05, 3.63) is 182 Å². The summed E-state index contributed by atoms with van der Waals surface area (Å²) in [5.41, 5.74) is 0. The molecule has 44 heavy (non-hydrogen) atoms. The van der Waals surface area contributed by atoms with E-state index in [0.717, 1.165) is 12.8 Å². The summed E-state index contributed by atoms with van der Waals surface area (Å²) in [5.74, 6) is 0. The quantitative estimate of drug-likeness (QED) is 0.0922. The Kier molecular flexibility index (Phi) is 10.3. The van der Waals surface area contributed by atoms with E-state index in [0.29, 0.717) is 0 Å². The van der Waals surface area contributed by atoms with Crippen molar-refractivity contribution >= 4 is 78.2 Å². The van der Waals surface area contributed by atoms with Crippen LogP contribution in [0, 0.1) is 0 Å². The molecule has 0 N–H and O–H groups in total. The second-order valence-electron chi connectivity index (χ2n) is 11.3. The number of hydrogen-bond acceptors (Lipinski definition) is 0. The van der Waals surface area contributed by atoms with Crippen molar-refractivity contribution in [2.75, 3.05) is 0 Å². The van der Waals surface area contributed by atoms with Crippen molar-refractivity contribution in [2.45, 2.75) is 22.0 Å². The average molecular weight is 741 g/mol. The molecule has 6 rings (SSSR count). The van der Waals surface area contributed by atoms with E-state index in [1.165, 1.54) is 31.8 Å². The summed E-state index contributed by atoms with van der Waals surface area (Å²) in [6.45, 7) is 0. The summed E-state index contributed by atoms with van der Waals surface area (Å²) in [6, 6.07) is 67.4. The first-order valence-corrected chi connectivity index (χ1v) is 21.3. The van der Waals surface area contributed by atoms with Gasteiger partial charge in [-0.15, -0.1) is 0 Å².